The Labute approximate surface area is 115 Å². The van der Waals surface area contributed by atoms with Crippen molar-refractivity contribution in [2.75, 3.05) is 12.3 Å². The van der Waals surface area contributed by atoms with Crippen LogP contribution in [0.5, 0.6) is 0 Å². The Kier molecular flexibility index (Phi) is 5.03. The largest absolute Gasteiger partial charge is 0.393 e. The van der Waals surface area contributed by atoms with Crippen LogP contribution >= 0.6 is 23.1 Å². The van der Waals surface area contributed by atoms with E-state index in [-0.39, 0.29) is 12.0 Å². The Balaban J connectivity index is 1.54. The van der Waals surface area contributed by atoms with E-state index in [1.165, 1.54) is 0 Å². The van der Waals surface area contributed by atoms with Gasteiger partial charge in [-0.05, 0) is 25.7 Å². The SMILES string of the molecule is Cc1nc(CSCC(=O)NCC2CC(O)C2)cs1. The van der Waals surface area contributed by atoms with Crippen molar-refractivity contribution < 1.29 is 9.90 Å². The van der Waals surface area contributed by atoms with E-state index in [0.29, 0.717) is 18.2 Å². The van der Waals surface area contributed by atoms with E-state index < -0.39 is 0 Å². The Morgan fingerprint density at radius 3 is 3.06 bits per heavy atom. The van der Waals surface area contributed by atoms with Gasteiger partial charge in [-0.15, -0.1) is 23.1 Å². The molecule has 1 aromatic heterocycles. The molecule has 1 saturated carbocycles. The molecule has 1 aliphatic carbocycles. The van der Waals surface area contributed by atoms with Crippen molar-refractivity contribution in [3.8, 4) is 0 Å². The third kappa shape index (κ3) is 4.26. The van der Waals surface area contributed by atoms with Gasteiger partial charge in [-0.1, -0.05) is 0 Å². The molecular weight excluding hydrogens is 268 g/mol. The van der Waals surface area contributed by atoms with E-state index in [9.17, 15) is 4.79 Å². The number of thiazole rings is 1. The molecule has 1 amide bonds. The summed E-state index contributed by atoms with van der Waals surface area (Å²) in [6.45, 7) is 2.69. The van der Waals surface area contributed by atoms with Gasteiger partial charge in [-0.25, -0.2) is 4.98 Å². The number of aliphatic hydroxyl groups excluding tert-OH is 1. The number of hydrogen-bond donors (Lipinski definition) is 2. The molecule has 1 fully saturated rings. The average molecular weight is 286 g/mol. The molecular formula is C12H18N2O2S2. The van der Waals surface area contributed by atoms with Crippen molar-refractivity contribution in [3.05, 3.63) is 16.1 Å². The van der Waals surface area contributed by atoms with Gasteiger partial charge in [0.15, 0.2) is 0 Å². The fourth-order valence-electron chi connectivity index (χ4n) is 1.90. The van der Waals surface area contributed by atoms with E-state index in [2.05, 4.69) is 10.3 Å². The number of nitrogens with zero attached hydrogens (tertiary/aromatic N) is 1. The predicted octanol–water partition coefficient (Wildman–Crippen LogP) is 1.57. The van der Waals surface area contributed by atoms with Crippen molar-refractivity contribution in [2.24, 2.45) is 5.92 Å². The number of hydrogen-bond acceptors (Lipinski definition) is 5. The van der Waals surface area contributed by atoms with Crippen LogP contribution in [0.2, 0.25) is 0 Å². The molecule has 1 aromatic rings. The monoisotopic (exact) mass is 286 g/mol. The number of carbonyl (C=O) groups is 1. The van der Waals surface area contributed by atoms with Crippen molar-refractivity contribution >= 4 is 29.0 Å². The Bertz CT molecular complexity index is 403. The highest BCUT2D eigenvalue weighted by molar-refractivity contribution is 7.99. The van der Waals surface area contributed by atoms with Gasteiger partial charge in [-0.3, -0.25) is 4.79 Å². The first-order valence-corrected chi connectivity index (χ1v) is 8.10. The summed E-state index contributed by atoms with van der Waals surface area (Å²) in [6, 6.07) is 0. The number of thioether (sulfide) groups is 1. The summed E-state index contributed by atoms with van der Waals surface area (Å²) in [7, 11) is 0. The van der Waals surface area contributed by atoms with Crippen LogP contribution in [-0.4, -0.2) is 34.4 Å². The minimum atomic E-state index is -0.144. The average Bonchev–Trinajstić information content (AvgIpc) is 2.69. The van der Waals surface area contributed by atoms with Gasteiger partial charge in [0.25, 0.3) is 0 Å². The lowest BCUT2D eigenvalue weighted by atomic mass is 9.82. The predicted molar refractivity (Wildman–Crippen MR) is 74.8 cm³/mol. The maximum absolute atomic E-state index is 11.6. The Morgan fingerprint density at radius 2 is 2.44 bits per heavy atom. The maximum Gasteiger partial charge on any atom is 0.230 e. The van der Waals surface area contributed by atoms with Crippen molar-refractivity contribution in [3.63, 3.8) is 0 Å². The van der Waals surface area contributed by atoms with Gasteiger partial charge in [0, 0.05) is 17.7 Å². The standard InChI is InChI=1S/C12H18N2O2S2/c1-8-14-10(6-18-8)5-17-7-12(16)13-4-9-2-11(15)3-9/h6,9,11,15H,2-5,7H2,1H3,(H,13,16). The van der Waals surface area contributed by atoms with Gasteiger partial charge in [-0.2, -0.15) is 0 Å². The molecule has 0 aromatic carbocycles. The minimum absolute atomic E-state index is 0.0772. The van der Waals surface area contributed by atoms with E-state index >= 15 is 0 Å². The van der Waals surface area contributed by atoms with Gasteiger partial charge in [0.05, 0.1) is 22.6 Å². The molecule has 2 rings (SSSR count). The minimum Gasteiger partial charge on any atom is -0.393 e. The first-order valence-electron chi connectivity index (χ1n) is 6.07. The van der Waals surface area contributed by atoms with Crippen LogP contribution in [0, 0.1) is 12.8 Å². The third-order valence-electron chi connectivity index (χ3n) is 2.95. The first-order chi connectivity index (χ1) is 8.63. The summed E-state index contributed by atoms with van der Waals surface area (Å²) in [6.07, 6.45) is 1.51. The van der Waals surface area contributed by atoms with Crippen LogP contribution in [0.15, 0.2) is 5.38 Å². The van der Waals surface area contributed by atoms with Crippen LogP contribution in [0.4, 0.5) is 0 Å². The second kappa shape index (κ2) is 6.54. The zero-order valence-corrected chi connectivity index (χ0v) is 12.0. The number of rotatable bonds is 6. The summed E-state index contributed by atoms with van der Waals surface area (Å²) >= 11 is 3.23. The molecule has 0 unspecified atom stereocenters. The highest BCUT2D eigenvalue weighted by Gasteiger charge is 2.26. The summed E-state index contributed by atoms with van der Waals surface area (Å²) in [4.78, 5) is 15.9. The van der Waals surface area contributed by atoms with Crippen LogP contribution in [0.1, 0.15) is 23.5 Å². The zero-order valence-electron chi connectivity index (χ0n) is 10.4. The van der Waals surface area contributed by atoms with Crippen molar-refractivity contribution in [2.45, 2.75) is 31.6 Å². The highest BCUT2D eigenvalue weighted by atomic mass is 32.2. The zero-order chi connectivity index (χ0) is 13.0. The molecule has 1 aliphatic rings. The molecule has 18 heavy (non-hydrogen) atoms. The second-order valence-electron chi connectivity index (χ2n) is 4.65. The molecule has 0 radical (unpaired) electrons. The molecule has 6 heteroatoms. The van der Waals surface area contributed by atoms with E-state index in [1.54, 1.807) is 23.1 Å². The smallest absolute Gasteiger partial charge is 0.230 e. The van der Waals surface area contributed by atoms with Gasteiger partial charge >= 0.3 is 0 Å². The summed E-state index contributed by atoms with van der Waals surface area (Å²) in [5.74, 6) is 1.81. The Morgan fingerprint density at radius 1 is 1.67 bits per heavy atom. The van der Waals surface area contributed by atoms with Crippen LogP contribution < -0.4 is 5.32 Å². The maximum atomic E-state index is 11.6. The van der Waals surface area contributed by atoms with E-state index in [0.717, 1.165) is 29.3 Å². The number of amides is 1. The third-order valence-corrected chi connectivity index (χ3v) is 4.74. The fraction of sp³-hybridized carbons (Fsp3) is 0.667. The first kappa shape index (κ1) is 13.8. The highest BCUT2D eigenvalue weighted by Crippen LogP contribution is 2.26. The number of nitrogens with one attached hydrogen (secondary N) is 1. The number of aryl methyl sites for hydroxylation is 1. The normalized spacial score (nSPS) is 22.6. The molecule has 0 spiro atoms. The summed E-state index contributed by atoms with van der Waals surface area (Å²) in [5.41, 5.74) is 1.05. The molecule has 2 N–H and O–H groups in total. The lowest BCUT2D eigenvalue weighted by Gasteiger charge is -2.31. The van der Waals surface area contributed by atoms with E-state index in [4.69, 9.17) is 5.11 Å². The fourth-order valence-corrected chi connectivity index (χ4v) is 3.36. The number of aromatic nitrogens is 1. The molecule has 4 nitrogen and oxygen atoms in total. The lowest BCUT2D eigenvalue weighted by Crippen LogP contribution is -2.39. The quantitative estimate of drug-likeness (QED) is 0.833. The second-order valence-corrected chi connectivity index (χ2v) is 6.69. The number of aliphatic hydroxyl groups is 1. The molecule has 0 atom stereocenters. The van der Waals surface area contributed by atoms with Gasteiger partial charge in [0.2, 0.25) is 5.91 Å². The van der Waals surface area contributed by atoms with Gasteiger partial charge < -0.3 is 10.4 Å². The summed E-state index contributed by atoms with van der Waals surface area (Å²) < 4.78 is 0. The van der Waals surface area contributed by atoms with Gasteiger partial charge in [0.1, 0.15) is 0 Å². The van der Waals surface area contributed by atoms with E-state index in [1.807, 2.05) is 12.3 Å². The summed E-state index contributed by atoms with van der Waals surface area (Å²) in [5, 5.41) is 15.1. The molecule has 0 saturated heterocycles. The molecule has 0 bridgehead atoms. The Hall–Kier alpha value is -0.590. The van der Waals surface area contributed by atoms with Crippen molar-refractivity contribution in [1.82, 2.24) is 10.3 Å². The van der Waals surface area contributed by atoms with Crippen LogP contribution in [-0.2, 0) is 10.5 Å². The van der Waals surface area contributed by atoms with Crippen molar-refractivity contribution in [1.29, 1.82) is 0 Å². The molecule has 1 heterocycles. The molecule has 0 aliphatic heterocycles. The topological polar surface area (TPSA) is 62.2 Å². The van der Waals surface area contributed by atoms with Crippen LogP contribution in [0.3, 0.4) is 0 Å². The number of carbonyl (C=O) groups excluding carboxylic acids is 1. The lowest BCUT2D eigenvalue weighted by molar-refractivity contribution is -0.119. The van der Waals surface area contributed by atoms with Crippen LogP contribution in [0.25, 0.3) is 0 Å². The molecule has 100 valence electrons.